The molecular weight excluding hydrogens is 369 g/mol. The number of hydrogen-bond donors (Lipinski definition) is 2. The molecule has 1 amide bonds. The molecule has 0 aliphatic rings. The number of halogens is 1. The molecule has 0 atom stereocenters. The van der Waals surface area contributed by atoms with Gasteiger partial charge in [0.15, 0.2) is 0 Å². The molecule has 8 heteroatoms. The minimum atomic E-state index is -3.78. The number of rotatable bonds is 5. The highest BCUT2D eigenvalue weighted by Crippen LogP contribution is 2.19. The van der Waals surface area contributed by atoms with Crippen LogP contribution in [0.4, 0.5) is 15.8 Å². The Morgan fingerprint density at radius 1 is 1.00 bits per heavy atom. The van der Waals surface area contributed by atoms with E-state index in [4.69, 9.17) is 0 Å². The normalized spacial score (nSPS) is 11.0. The van der Waals surface area contributed by atoms with Gasteiger partial charge in [-0.15, -0.1) is 0 Å². The lowest BCUT2D eigenvalue weighted by molar-refractivity contribution is 0.102. The topological polar surface area (TPSA) is 88.2 Å². The fraction of sp³-hybridized carbons (Fsp3) is 0.0526. The SMILES string of the molecule is Cc1cc(F)ccc1NC(=O)c1ccc(S(=O)(=O)Nc2ccncc2)cc1. The standard InChI is InChI=1S/C19H16FN3O3S/c1-13-12-15(20)4-7-18(13)22-19(24)14-2-5-17(6-3-14)27(25,26)23-16-8-10-21-11-9-16/h2-12H,1H3,(H,21,23)(H,22,24). The van der Waals surface area contributed by atoms with Crippen molar-refractivity contribution in [2.45, 2.75) is 11.8 Å². The molecule has 3 rings (SSSR count). The lowest BCUT2D eigenvalue weighted by atomic mass is 10.1. The Hall–Kier alpha value is -3.26. The molecule has 3 aromatic rings. The zero-order chi connectivity index (χ0) is 19.4. The van der Waals surface area contributed by atoms with E-state index in [0.29, 0.717) is 16.9 Å². The third-order valence-corrected chi connectivity index (χ3v) is 5.19. The Balaban J connectivity index is 1.75. The number of amides is 1. The summed E-state index contributed by atoms with van der Waals surface area (Å²) >= 11 is 0. The molecule has 27 heavy (non-hydrogen) atoms. The molecule has 0 radical (unpaired) electrons. The maximum Gasteiger partial charge on any atom is 0.261 e. The molecule has 0 aliphatic carbocycles. The second kappa shape index (κ2) is 7.55. The number of anilines is 2. The van der Waals surface area contributed by atoms with Crippen LogP contribution in [0.15, 0.2) is 71.9 Å². The summed E-state index contributed by atoms with van der Waals surface area (Å²) in [6.45, 7) is 1.68. The first-order valence-corrected chi connectivity index (χ1v) is 9.44. The van der Waals surface area contributed by atoms with Crippen molar-refractivity contribution < 1.29 is 17.6 Å². The number of carbonyl (C=O) groups is 1. The molecule has 6 nitrogen and oxygen atoms in total. The van der Waals surface area contributed by atoms with Crippen molar-refractivity contribution in [3.63, 3.8) is 0 Å². The van der Waals surface area contributed by atoms with Crippen LogP contribution in [0.5, 0.6) is 0 Å². The fourth-order valence-corrected chi connectivity index (χ4v) is 3.44. The van der Waals surface area contributed by atoms with Crippen LogP contribution in [0.2, 0.25) is 0 Å². The van der Waals surface area contributed by atoms with Gasteiger partial charge in [-0.05, 0) is 67.1 Å². The second-order valence-electron chi connectivity index (χ2n) is 5.78. The van der Waals surface area contributed by atoms with Gasteiger partial charge in [-0.25, -0.2) is 12.8 Å². The predicted octanol–water partition coefficient (Wildman–Crippen LogP) is 3.58. The average molecular weight is 385 g/mol. The van der Waals surface area contributed by atoms with E-state index in [1.54, 1.807) is 6.92 Å². The molecule has 2 aromatic carbocycles. The highest BCUT2D eigenvalue weighted by atomic mass is 32.2. The summed E-state index contributed by atoms with van der Waals surface area (Å²) in [6.07, 6.45) is 2.95. The Labute approximate surface area is 156 Å². The number of aromatic nitrogens is 1. The van der Waals surface area contributed by atoms with Gasteiger partial charge in [0.2, 0.25) is 0 Å². The number of nitrogens with one attached hydrogen (secondary N) is 2. The van der Waals surface area contributed by atoms with Gasteiger partial charge in [-0.1, -0.05) is 0 Å². The van der Waals surface area contributed by atoms with Crippen LogP contribution in [-0.2, 0) is 10.0 Å². The average Bonchev–Trinajstić information content (AvgIpc) is 2.64. The number of pyridine rings is 1. The number of nitrogens with zero attached hydrogens (tertiary/aromatic N) is 1. The molecule has 1 heterocycles. The molecule has 0 fully saturated rings. The zero-order valence-electron chi connectivity index (χ0n) is 14.3. The molecule has 0 saturated carbocycles. The van der Waals surface area contributed by atoms with Crippen LogP contribution in [0.3, 0.4) is 0 Å². The maximum absolute atomic E-state index is 13.1. The Morgan fingerprint density at radius 2 is 1.67 bits per heavy atom. The highest BCUT2D eigenvalue weighted by molar-refractivity contribution is 7.92. The van der Waals surface area contributed by atoms with Gasteiger partial charge >= 0.3 is 0 Å². The highest BCUT2D eigenvalue weighted by Gasteiger charge is 2.15. The van der Waals surface area contributed by atoms with E-state index < -0.39 is 15.9 Å². The van der Waals surface area contributed by atoms with Crippen LogP contribution < -0.4 is 10.0 Å². The van der Waals surface area contributed by atoms with E-state index in [0.717, 1.165) is 0 Å². The molecule has 0 aliphatic heterocycles. The smallest absolute Gasteiger partial charge is 0.261 e. The maximum atomic E-state index is 13.1. The summed E-state index contributed by atoms with van der Waals surface area (Å²) in [4.78, 5) is 16.2. The molecular formula is C19H16FN3O3S. The van der Waals surface area contributed by atoms with Crippen molar-refractivity contribution in [3.05, 3.63) is 83.9 Å². The summed E-state index contributed by atoms with van der Waals surface area (Å²) < 4.78 is 40.3. The summed E-state index contributed by atoms with van der Waals surface area (Å²) in [7, 11) is -3.78. The largest absolute Gasteiger partial charge is 0.322 e. The predicted molar refractivity (Wildman–Crippen MR) is 101 cm³/mol. The first-order valence-electron chi connectivity index (χ1n) is 7.95. The van der Waals surface area contributed by atoms with Crippen LogP contribution in [0.25, 0.3) is 0 Å². The van der Waals surface area contributed by atoms with E-state index in [-0.39, 0.29) is 16.3 Å². The molecule has 138 valence electrons. The molecule has 2 N–H and O–H groups in total. The van der Waals surface area contributed by atoms with Crippen LogP contribution in [-0.4, -0.2) is 19.3 Å². The van der Waals surface area contributed by atoms with Crippen molar-refractivity contribution in [3.8, 4) is 0 Å². The minimum absolute atomic E-state index is 0.0221. The third-order valence-electron chi connectivity index (χ3n) is 3.80. The fourth-order valence-electron chi connectivity index (χ4n) is 2.38. The van der Waals surface area contributed by atoms with E-state index in [2.05, 4.69) is 15.0 Å². The summed E-state index contributed by atoms with van der Waals surface area (Å²) in [5.41, 5.74) is 1.74. The quantitative estimate of drug-likeness (QED) is 0.703. The second-order valence-corrected chi connectivity index (χ2v) is 7.46. The van der Waals surface area contributed by atoms with Crippen LogP contribution in [0.1, 0.15) is 15.9 Å². The molecule has 0 spiro atoms. The first-order chi connectivity index (χ1) is 12.8. The third kappa shape index (κ3) is 4.48. The monoisotopic (exact) mass is 385 g/mol. The summed E-state index contributed by atoms with van der Waals surface area (Å²) in [5.74, 6) is -0.808. The lowest BCUT2D eigenvalue weighted by Crippen LogP contribution is -2.15. The Bertz CT molecular complexity index is 1070. The Morgan fingerprint density at radius 3 is 2.30 bits per heavy atom. The van der Waals surface area contributed by atoms with Crippen molar-refractivity contribution >= 4 is 27.3 Å². The molecule has 0 bridgehead atoms. The van der Waals surface area contributed by atoms with Crippen molar-refractivity contribution in [1.82, 2.24) is 4.98 Å². The number of benzene rings is 2. The summed E-state index contributed by atoms with van der Waals surface area (Å²) in [5, 5.41) is 2.67. The van der Waals surface area contributed by atoms with Crippen molar-refractivity contribution in [2.75, 3.05) is 10.0 Å². The van der Waals surface area contributed by atoms with Gasteiger partial charge in [0.25, 0.3) is 15.9 Å². The Kier molecular flexibility index (Phi) is 5.18. The summed E-state index contributed by atoms with van der Waals surface area (Å²) in [6, 6.07) is 12.6. The number of aryl methyl sites for hydroxylation is 1. The van der Waals surface area contributed by atoms with E-state index in [1.165, 1.54) is 67.0 Å². The van der Waals surface area contributed by atoms with Gasteiger partial charge < -0.3 is 5.32 Å². The minimum Gasteiger partial charge on any atom is -0.322 e. The zero-order valence-corrected chi connectivity index (χ0v) is 15.1. The van der Waals surface area contributed by atoms with Gasteiger partial charge in [0.05, 0.1) is 10.6 Å². The van der Waals surface area contributed by atoms with Crippen molar-refractivity contribution in [2.24, 2.45) is 0 Å². The van der Waals surface area contributed by atoms with E-state index in [9.17, 15) is 17.6 Å². The molecule has 1 aromatic heterocycles. The van der Waals surface area contributed by atoms with Crippen molar-refractivity contribution in [1.29, 1.82) is 0 Å². The van der Waals surface area contributed by atoms with Gasteiger partial charge in [-0.2, -0.15) is 0 Å². The first kappa shape index (κ1) is 18.5. The number of hydrogen-bond acceptors (Lipinski definition) is 4. The molecule has 0 unspecified atom stereocenters. The number of carbonyl (C=O) groups excluding carboxylic acids is 1. The van der Waals surface area contributed by atoms with Gasteiger partial charge in [-0.3, -0.25) is 14.5 Å². The van der Waals surface area contributed by atoms with Gasteiger partial charge in [0.1, 0.15) is 5.82 Å². The molecule has 0 saturated heterocycles. The van der Waals surface area contributed by atoms with Gasteiger partial charge in [0, 0.05) is 23.6 Å². The van der Waals surface area contributed by atoms with Crippen LogP contribution in [0, 0.1) is 12.7 Å². The van der Waals surface area contributed by atoms with E-state index in [1.807, 2.05) is 0 Å². The van der Waals surface area contributed by atoms with E-state index >= 15 is 0 Å². The number of sulfonamides is 1. The lowest BCUT2D eigenvalue weighted by Gasteiger charge is -2.10. The van der Waals surface area contributed by atoms with Crippen LogP contribution >= 0.6 is 0 Å².